The average Bonchev–Trinajstić information content (AvgIpc) is 2.85. The molecule has 1 heterocycles. The number of ketones is 1. The van der Waals surface area contributed by atoms with E-state index in [0.29, 0.717) is 6.04 Å². The Balaban J connectivity index is 1.99. The molecule has 2 rings (SSSR count). The van der Waals surface area contributed by atoms with Crippen LogP contribution in [-0.4, -0.2) is 27.3 Å². The van der Waals surface area contributed by atoms with E-state index < -0.39 is 0 Å². The summed E-state index contributed by atoms with van der Waals surface area (Å²) in [5.41, 5.74) is 0.734. The maximum absolute atomic E-state index is 12.3. The van der Waals surface area contributed by atoms with Crippen molar-refractivity contribution in [1.29, 1.82) is 0 Å². The van der Waals surface area contributed by atoms with E-state index in [9.17, 15) is 4.79 Å². The number of aromatic nitrogens is 2. The predicted octanol–water partition coefficient (Wildman–Crippen LogP) is 3.72. The highest BCUT2D eigenvalue weighted by atomic mass is 32.2. The van der Waals surface area contributed by atoms with Crippen LogP contribution in [0.15, 0.2) is 34.7 Å². The smallest absolute Gasteiger partial charge is 0.206 e. The highest BCUT2D eigenvalue weighted by molar-refractivity contribution is 8.02. The highest BCUT2D eigenvalue weighted by Gasteiger charge is 2.18. The number of carbonyl (C=O) groups excluding carboxylic acids is 1. The van der Waals surface area contributed by atoms with Crippen LogP contribution in [0.1, 0.15) is 31.1 Å². The van der Waals surface area contributed by atoms with Gasteiger partial charge in [-0.15, -0.1) is 10.2 Å². The van der Waals surface area contributed by atoms with E-state index in [2.05, 4.69) is 29.4 Å². The first kappa shape index (κ1) is 15.0. The molecule has 0 aliphatic carbocycles. The fourth-order valence-corrected chi connectivity index (χ4v) is 3.72. The summed E-state index contributed by atoms with van der Waals surface area (Å²) in [7, 11) is 0. The van der Waals surface area contributed by atoms with E-state index in [1.807, 2.05) is 37.3 Å². The number of rotatable bonds is 6. The zero-order valence-electron chi connectivity index (χ0n) is 11.7. The van der Waals surface area contributed by atoms with E-state index in [0.717, 1.165) is 15.0 Å². The van der Waals surface area contributed by atoms with E-state index in [-0.39, 0.29) is 11.0 Å². The Kier molecular flexibility index (Phi) is 5.14. The second-order valence-corrected chi connectivity index (χ2v) is 7.23. The monoisotopic (exact) mass is 307 g/mol. The number of hydrogen-bond acceptors (Lipinski definition) is 6. The molecule has 106 valence electrons. The van der Waals surface area contributed by atoms with Crippen LogP contribution in [-0.2, 0) is 0 Å². The molecule has 20 heavy (non-hydrogen) atoms. The van der Waals surface area contributed by atoms with Gasteiger partial charge in [-0.1, -0.05) is 53.4 Å². The highest BCUT2D eigenvalue weighted by Crippen LogP contribution is 2.30. The first-order valence-electron chi connectivity index (χ1n) is 6.42. The topological polar surface area (TPSA) is 54.9 Å². The SMILES string of the molecule is CC(C)Nc1nnc(S[C@H](C)C(=O)c2ccccc2)s1. The van der Waals surface area contributed by atoms with Crippen molar-refractivity contribution >= 4 is 34.0 Å². The van der Waals surface area contributed by atoms with Crippen molar-refractivity contribution in [2.24, 2.45) is 0 Å². The minimum Gasteiger partial charge on any atom is -0.358 e. The van der Waals surface area contributed by atoms with Crippen molar-refractivity contribution in [3.63, 3.8) is 0 Å². The lowest BCUT2D eigenvalue weighted by atomic mass is 10.1. The van der Waals surface area contributed by atoms with Gasteiger partial charge in [0.25, 0.3) is 0 Å². The van der Waals surface area contributed by atoms with E-state index >= 15 is 0 Å². The second-order valence-electron chi connectivity index (χ2n) is 4.66. The van der Waals surface area contributed by atoms with Crippen LogP contribution >= 0.6 is 23.1 Å². The lowest BCUT2D eigenvalue weighted by Crippen LogP contribution is -2.13. The lowest BCUT2D eigenvalue weighted by molar-refractivity contribution is 0.0994. The molecule has 0 aliphatic heterocycles. The summed E-state index contributed by atoms with van der Waals surface area (Å²) in [6.45, 7) is 6.00. The maximum Gasteiger partial charge on any atom is 0.206 e. The van der Waals surface area contributed by atoms with Crippen LogP contribution in [0.3, 0.4) is 0 Å². The predicted molar refractivity (Wildman–Crippen MR) is 84.8 cm³/mol. The van der Waals surface area contributed by atoms with Gasteiger partial charge in [0.1, 0.15) is 0 Å². The Morgan fingerprint density at radius 1 is 1.20 bits per heavy atom. The average molecular weight is 307 g/mol. The second kappa shape index (κ2) is 6.85. The van der Waals surface area contributed by atoms with Crippen LogP contribution in [0.2, 0.25) is 0 Å². The Hall–Kier alpha value is -1.40. The molecule has 4 nitrogen and oxygen atoms in total. The largest absolute Gasteiger partial charge is 0.358 e. The summed E-state index contributed by atoms with van der Waals surface area (Å²) < 4.78 is 0.810. The van der Waals surface area contributed by atoms with Gasteiger partial charge in [-0.3, -0.25) is 4.79 Å². The number of Topliss-reactive ketones (excluding diaryl/α,β-unsaturated/α-hetero) is 1. The minimum atomic E-state index is -0.169. The molecule has 0 saturated carbocycles. The van der Waals surface area contributed by atoms with Gasteiger partial charge in [0.05, 0.1) is 5.25 Å². The number of carbonyl (C=O) groups is 1. The number of nitrogens with zero attached hydrogens (tertiary/aromatic N) is 2. The van der Waals surface area contributed by atoms with Gasteiger partial charge in [0, 0.05) is 11.6 Å². The van der Waals surface area contributed by atoms with Crippen molar-refractivity contribution in [3.8, 4) is 0 Å². The molecule has 0 bridgehead atoms. The number of nitrogens with one attached hydrogen (secondary N) is 1. The Morgan fingerprint density at radius 2 is 1.90 bits per heavy atom. The molecule has 0 unspecified atom stereocenters. The van der Waals surface area contributed by atoms with Gasteiger partial charge in [0.15, 0.2) is 10.1 Å². The van der Waals surface area contributed by atoms with Crippen LogP contribution < -0.4 is 5.32 Å². The van der Waals surface area contributed by atoms with Crippen LogP contribution in [0.4, 0.5) is 5.13 Å². The summed E-state index contributed by atoms with van der Waals surface area (Å²) in [6, 6.07) is 9.66. The standard InChI is InChI=1S/C14H17N3OS2/c1-9(2)15-13-16-17-14(20-13)19-10(3)12(18)11-7-5-4-6-8-11/h4-10H,1-3H3,(H,15,16)/t10-/m1/s1. The molecule has 0 fully saturated rings. The number of thioether (sulfide) groups is 1. The normalized spacial score (nSPS) is 12.4. The van der Waals surface area contributed by atoms with Gasteiger partial charge < -0.3 is 5.32 Å². The molecule has 0 saturated heterocycles. The summed E-state index contributed by atoms with van der Waals surface area (Å²) in [5.74, 6) is 0.115. The zero-order chi connectivity index (χ0) is 14.5. The van der Waals surface area contributed by atoms with Crippen LogP contribution in [0.25, 0.3) is 0 Å². The van der Waals surface area contributed by atoms with E-state index in [1.54, 1.807) is 0 Å². The molecule has 1 aromatic heterocycles. The van der Waals surface area contributed by atoms with Crippen LogP contribution in [0.5, 0.6) is 0 Å². The summed E-state index contributed by atoms with van der Waals surface area (Å²) in [5, 5.41) is 12.0. The van der Waals surface area contributed by atoms with E-state index in [1.165, 1.54) is 23.1 Å². The molecule has 0 spiro atoms. The molecular formula is C14H17N3OS2. The van der Waals surface area contributed by atoms with Crippen molar-refractivity contribution in [1.82, 2.24) is 10.2 Å². The Morgan fingerprint density at radius 3 is 2.55 bits per heavy atom. The minimum absolute atomic E-state index is 0.115. The van der Waals surface area contributed by atoms with Crippen LogP contribution in [0, 0.1) is 0 Å². The molecule has 1 atom stereocenters. The molecular weight excluding hydrogens is 290 g/mol. The zero-order valence-corrected chi connectivity index (χ0v) is 13.3. The number of anilines is 1. The first-order chi connectivity index (χ1) is 9.56. The number of hydrogen-bond donors (Lipinski definition) is 1. The van der Waals surface area contributed by atoms with Crippen molar-refractivity contribution in [2.45, 2.75) is 36.4 Å². The molecule has 1 aromatic carbocycles. The van der Waals surface area contributed by atoms with Gasteiger partial charge in [-0.25, -0.2) is 0 Å². The summed E-state index contributed by atoms with van der Waals surface area (Å²) in [4.78, 5) is 12.3. The van der Waals surface area contributed by atoms with Gasteiger partial charge in [-0.05, 0) is 20.8 Å². The molecule has 0 aliphatic rings. The molecule has 1 N–H and O–H groups in total. The summed E-state index contributed by atoms with van der Waals surface area (Å²) >= 11 is 2.93. The van der Waals surface area contributed by atoms with E-state index in [4.69, 9.17) is 0 Å². The first-order valence-corrected chi connectivity index (χ1v) is 8.12. The van der Waals surface area contributed by atoms with Crippen molar-refractivity contribution in [2.75, 3.05) is 5.32 Å². The summed E-state index contributed by atoms with van der Waals surface area (Å²) in [6.07, 6.45) is 0. The third-order valence-corrected chi connectivity index (χ3v) is 4.56. The lowest BCUT2D eigenvalue weighted by Gasteiger charge is -2.07. The third-order valence-electron chi connectivity index (χ3n) is 2.52. The molecule has 6 heteroatoms. The van der Waals surface area contributed by atoms with Crippen molar-refractivity contribution < 1.29 is 4.79 Å². The molecule has 2 aromatic rings. The maximum atomic E-state index is 12.3. The number of benzene rings is 1. The fourth-order valence-electron chi connectivity index (χ4n) is 1.60. The Labute approximate surface area is 127 Å². The quantitative estimate of drug-likeness (QED) is 0.651. The van der Waals surface area contributed by atoms with Gasteiger partial charge >= 0.3 is 0 Å². The van der Waals surface area contributed by atoms with Gasteiger partial charge in [-0.2, -0.15) is 0 Å². The Bertz CT molecular complexity index is 569. The molecule has 0 amide bonds. The van der Waals surface area contributed by atoms with Gasteiger partial charge in [0.2, 0.25) is 5.13 Å². The van der Waals surface area contributed by atoms with Crippen molar-refractivity contribution in [3.05, 3.63) is 35.9 Å². The third kappa shape index (κ3) is 4.05. The molecule has 0 radical (unpaired) electrons. The fraction of sp³-hybridized carbons (Fsp3) is 0.357.